The van der Waals surface area contributed by atoms with Crippen LogP contribution in [0.3, 0.4) is 0 Å². The van der Waals surface area contributed by atoms with Crippen molar-refractivity contribution in [3.05, 3.63) is 40.1 Å². The highest BCUT2D eigenvalue weighted by atomic mass is 35.5. The maximum Gasteiger partial charge on any atom is 0.134 e. The largest absolute Gasteiger partial charge is 0.361 e. The molecule has 1 aliphatic heterocycles. The molecule has 0 spiro atoms. The van der Waals surface area contributed by atoms with Crippen LogP contribution in [0.5, 0.6) is 0 Å². The summed E-state index contributed by atoms with van der Waals surface area (Å²) in [6, 6.07) is 4.13. The van der Waals surface area contributed by atoms with Crippen molar-refractivity contribution < 1.29 is 9.05 Å². The van der Waals surface area contributed by atoms with E-state index in [1.165, 1.54) is 0 Å². The van der Waals surface area contributed by atoms with Gasteiger partial charge in [0, 0.05) is 31.3 Å². The minimum atomic E-state index is 0.237. The smallest absolute Gasteiger partial charge is 0.134 e. The summed E-state index contributed by atoms with van der Waals surface area (Å²) >= 11 is 6.53. The van der Waals surface area contributed by atoms with Crippen LogP contribution in [-0.4, -0.2) is 31.5 Å². The molecule has 0 aromatic carbocycles. The Morgan fingerprint density at radius 3 is 2.64 bits per heavy atom. The van der Waals surface area contributed by atoms with Gasteiger partial charge in [-0.3, -0.25) is 9.58 Å². The van der Waals surface area contributed by atoms with E-state index >= 15 is 0 Å². The highest BCUT2D eigenvalue weighted by Gasteiger charge is 2.31. The standard InChI is InChI=1S/C17H20ClN5O2/c1-10-7-13(20-24-10)15-5-4-6-23(15)9-12-16(19-22(3)17(12)18)14-8-11(2)25-21-14/h7-8,15H,4-6,9H2,1-3H3/t15-/m0/s1. The number of hydrogen-bond acceptors (Lipinski definition) is 6. The fraction of sp³-hybridized carbons (Fsp3) is 0.471. The van der Waals surface area contributed by atoms with Gasteiger partial charge in [-0.1, -0.05) is 21.9 Å². The Kier molecular flexibility index (Phi) is 4.13. The van der Waals surface area contributed by atoms with Crippen molar-refractivity contribution in [2.45, 2.75) is 39.3 Å². The number of aromatic nitrogens is 4. The first-order valence-electron chi connectivity index (χ1n) is 8.35. The lowest BCUT2D eigenvalue weighted by atomic mass is 10.1. The van der Waals surface area contributed by atoms with Gasteiger partial charge in [0.2, 0.25) is 0 Å². The van der Waals surface area contributed by atoms with E-state index in [1.807, 2.05) is 33.0 Å². The number of rotatable bonds is 4. The molecule has 4 heterocycles. The third-order valence-electron chi connectivity index (χ3n) is 4.65. The molecular weight excluding hydrogens is 342 g/mol. The fourth-order valence-electron chi connectivity index (χ4n) is 3.47. The lowest BCUT2D eigenvalue weighted by Gasteiger charge is -2.22. The third kappa shape index (κ3) is 2.98. The third-order valence-corrected chi connectivity index (χ3v) is 5.12. The Bertz CT molecular complexity index is 897. The molecule has 132 valence electrons. The maximum atomic E-state index is 6.53. The summed E-state index contributed by atoms with van der Waals surface area (Å²) in [6.45, 7) is 5.45. The van der Waals surface area contributed by atoms with Crippen molar-refractivity contribution in [3.8, 4) is 11.4 Å². The Hall–Kier alpha value is -2.12. The van der Waals surface area contributed by atoms with Crippen LogP contribution in [0.15, 0.2) is 21.2 Å². The molecule has 25 heavy (non-hydrogen) atoms. The molecule has 1 fully saturated rings. The Balaban J connectivity index is 1.66. The van der Waals surface area contributed by atoms with Crippen LogP contribution in [0.1, 0.15) is 41.7 Å². The zero-order valence-electron chi connectivity index (χ0n) is 14.5. The predicted molar refractivity (Wildman–Crippen MR) is 92.1 cm³/mol. The molecule has 0 aliphatic carbocycles. The van der Waals surface area contributed by atoms with Gasteiger partial charge in [-0.25, -0.2) is 0 Å². The highest BCUT2D eigenvalue weighted by molar-refractivity contribution is 6.30. The average molecular weight is 362 g/mol. The van der Waals surface area contributed by atoms with E-state index in [2.05, 4.69) is 20.3 Å². The van der Waals surface area contributed by atoms with Crippen molar-refractivity contribution in [1.82, 2.24) is 25.0 Å². The van der Waals surface area contributed by atoms with Crippen molar-refractivity contribution in [2.75, 3.05) is 6.54 Å². The normalized spacial score (nSPS) is 18.3. The van der Waals surface area contributed by atoms with E-state index in [4.69, 9.17) is 20.6 Å². The van der Waals surface area contributed by atoms with Gasteiger partial charge in [-0.15, -0.1) is 0 Å². The zero-order valence-corrected chi connectivity index (χ0v) is 15.2. The molecule has 3 aromatic rings. The lowest BCUT2D eigenvalue weighted by Crippen LogP contribution is -2.23. The predicted octanol–water partition coefficient (Wildman–Crippen LogP) is 3.67. The average Bonchev–Trinajstić information content (AvgIpc) is 3.33. The summed E-state index contributed by atoms with van der Waals surface area (Å²) in [5, 5.41) is 13.5. The minimum Gasteiger partial charge on any atom is -0.361 e. The second kappa shape index (κ2) is 6.31. The first kappa shape index (κ1) is 16.4. The molecule has 0 bridgehead atoms. The number of likely N-dealkylation sites (tertiary alicyclic amines) is 1. The van der Waals surface area contributed by atoms with Crippen LogP contribution < -0.4 is 0 Å². The Morgan fingerprint density at radius 1 is 1.20 bits per heavy atom. The van der Waals surface area contributed by atoms with E-state index in [0.717, 1.165) is 47.9 Å². The fourth-order valence-corrected chi connectivity index (χ4v) is 3.65. The molecule has 0 unspecified atom stereocenters. The second-order valence-electron chi connectivity index (χ2n) is 6.56. The zero-order chi connectivity index (χ0) is 17.6. The number of nitrogens with zero attached hydrogens (tertiary/aromatic N) is 5. The number of halogens is 1. The molecule has 1 saturated heterocycles. The number of aryl methyl sites for hydroxylation is 3. The van der Waals surface area contributed by atoms with E-state index in [0.29, 0.717) is 17.4 Å². The van der Waals surface area contributed by atoms with E-state index < -0.39 is 0 Å². The summed E-state index contributed by atoms with van der Waals surface area (Å²) in [5.74, 6) is 1.58. The van der Waals surface area contributed by atoms with Gasteiger partial charge < -0.3 is 9.05 Å². The minimum absolute atomic E-state index is 0.237. The topological polar surface area (TPSA) is 73.1 Å². The first-order chi connectivity index (χ1) is 12.0. The van der Waals surface area contributed by atoms with Crippen LogP contribution in [0.2, 0.25) is 5.15 Å². The summed E-state index contributed by atoms with van der Waals surface area (Å²) < 4.78 is 12.1. The van der Waals surface area contributed by atoms with E-state index in [9.17, 15) is 0 Å². The molecule has 1 aliphatic rings. The molecule has 7 nitrogen and oxygen atoms in total. The lowest BCUT2D eigenvalue weighted by molar-refractivity contribution is 0.237. The highest BCUT2D eigenvalue weighted by Crippen LogP contribution is 2.36. The summed E-state index contributed by atoms with van der Waals surface area (Å²) in [4.78, 5) is 2.37. The quantitative estimate of drug-likeness (QED) is 0.706. The summed E-state index contributed by atoms with van der Waals surface area (Å²) in [7, 11) is 1.84. The SMILES string of the molecule is Cc1cc(-c2nn(C)c(Cl)c2CN2CCC[C@H]2c2cc(C)on2)no1. The molecule has 0 N–H and O–H groups in total. The molecule has 0 saturated carbocycles. The second-order valence-corrected chi connectivity index (χ2v) is 6.91. The van der Waals surface area contributed by atoms with Crippen molar-refractivity contribution in [3.63, 3.8) is 0 Å². The molecule has 0 amide bonds. The van der Waals surface area contributed by atoms with Gasteiger partial charge >= 0.3 is 0 Å². The van der Waals surface area contributed by atoms with Crippen LogP contribution in [0, 0.1) is 13.8 Å². The molecule has 8 heteroatoms. The van der Waals surface area contributed by atoms with Crippen LogP contribution in [0.25, 0.3) is 11.4 Å². The molecule has 4 rings (SSSR count). The first-order valence-corrected chi connectivity index (χ1v) is 8.73. The van der Waals surface area contributed by atoms with Crippen molar-refractivity contribution in [2.24, 2.45) is 7.05 Å². The van der Waals surface area contributed by atoms with Crippen LogP contribution in [-0.2, 0) is 13.6 Å². The summed E-state index contributed by atoms with van der Waals surface area (Å²) in [6.07, 6.45) is 2.18. The molecule has 3 aromatic heterocycles. The van der Waals surface area contributed by atoms with Crippen molar-refractivity contribution >= 4 is 11.6 Å². The molecule has 0 radical (unpaired) electrons. The van der Waals surface area contributed by atoms with Gasteiger partial charge in [0.1, 0.15) is 33.8 Å². The van der Waals surface area contributed by atoms with E-state index in [-0.39, 0.29) is 6.04 Å². The van der Waals surface area contributed by atoms with Crippen molar-refractivity contribution in [1.29, 1.82) is 0 Å². The Labute approximate surface area is 150 Å². The Morgan fingerprint density at radius 2 is 1.96 bits per heavy atom. The van der Waals surface area contributed by atoms with Gasteiger partial charge in [-0.2, -0.15) is 5.10 Å². The van der Waals surface area contributed by atoms with Crippen LogP contribution >= 0.6 is 11.6 Å². The molecular formula is C17H20ClN5O2. The monoisotopic (exact) mass is 361 g/mol. The molecule has 1 atom stereocenters. The number of hydrogen-bond donors (Lipinski definition) is 0. The van der Waals surface area contributed by atoms with Gasteiger partial charge in [0.25, 0.3) is 0 Å². The van der Waals surface area contributed by atoms with Gasteiger partial charge in [-0.05, 0) is 33.2 Å². The van der Waals surface area contributed by atoms with E-state index in [1.54, 1.807) is 4.68 Å². The van der Waals surface area contributed by atoms with Gasteiger partial charge in [0.15, 0.2) is 0 Å². The summed E-state index contributed by atoms with van der Waals surface area (Å²) in [5.41, 5.74) is 3.42. The van der Waals surface area contributed by atoms with Gasteiger partial charge in [0.05, 0.1) is 6.04 Å². The van der Waals surface area contributed by atoms with Crippen LogP contribution in [0.4, 0.5) is 0 Å². The maximum absolute atomic E-state index is 6.53.